The van der Waals surface area contributed by atoms with Crippen molar-refractivity contribution >= 4 is 0 Å². The summed E-state index contributed by atoms with van der Waals surface area (Å²) in [4.78, 5) is 0. The van der Waals surface area contributed by atoms with Crippen molar-refractivity contribution in [3.63, 3.8) is 0 Å². The molecule has 0 aromatic heterocycles. The van der Waals surface area contributed by atoms with E-state index in [0.717, 1.165) is 19.6 Å². The van der Waals surface area contributed by atoms with E-state index in [9.17, 15) is 0 Å². The van der Waals surface area contributed by atoms with E-state index in [1.165, 1.54) is 0 Å². The Balaban J connectivity index is 2.67. The summed E-state index contributed by atoms with van der Waals surface area (Å²) in [6, 6.07) is 0. The Morgan fingerprint density at radius 2 is 2.00 bits per heavy atom. The van der Waals surface area contributed by atoms with Gasteiger partial charge in [0.25, 0.3) is 0 Å². The SMILES string of the molecule is CC(C)(C)[C@@]1(N)CCOC1. The van der Waals surface area contributed by atoms with Crippen LogP contribution in [0.1, 0.15) is 27.2 Å². The number of ether oxygens (including phenoxy) is 1. The van der Waals surface area contributed by atoms with Crippen LogP contribution in [0.4, 0.5) is 0 Å². The first-order valence-corrected chi connectivity index (χ1v) is 3.82. The largest absolute Gasteiger partial charge is 0.379 e. The number of rotatable bonds is 0. The van der Waals surface area contributed by atoms with Crippen molar-refractivity contribution in [1.29, 1.82) is 0 Å². The fourth-order valence-corrected chi connectivity index (χ4v) is 1.17. The average Bonchev–Trinajstić information content (AvgIpc) is 2.13. The molecule has 0 aliphatic carbocycles. The molecular formula is C8H17NO. The molecule has 60 valence electrons. The lowest BCUT2D eigenvalue weighted by molar-refractivity contribution is 0.129. The van der Waals surface area contributed by atoms with Crippen LogP contribution in [-0.4, -0.2) is 18.8 Å². The van der Waals surface area contributed by atoms with Crippen LogP contribution in [0.15, 0.2) is 0 Å². The van der Waals surface area contributed by atoms with Gasteiger partial charge < -0.3 is 10.5 Å². The van der Waals surface area contributed by atoms with Crippen LogP contribution in [0.3, 0.4) is 0 Å². The normalized spacial score (nSPS) is 34.8. The van der Waals surface area contributed by atoms with Crippen LogP contribution in [0.2, 0.25) is 0 Å². The Bertz CT molecular complexity index is 120. The molecule has 0 radical (unpaired) electrons. The van der Waals surface area contributed by atoms with E-state index < -0.39 is 0 Å². The molecular weight excluding hydrogens is 126 g/mol. The summed E-state index contributed by atoms with van der Waals surface area (Å²) in [6.45, 7) is 8.05. The van der Waals surface area contributed by atoms with E-state index in [0.29, 0.717) is 0 Å². The van der Waals surface area contributed by atoms with Crippen LogP contribution < -0.4 is 5.73 Å². The fraction of sp³-hybridized carbons (Fsp3) is 1.00. The third-order valence-corrected chi connectivity index (χ3v) is 2.55. The van der Waals surface area contributed by atoms with Gasteiger partial charge in [0.05, 0.1) is 6.61 Å². The van der Waals surface area contributed by atoms with Gasteiger partial charge >= 0.3 is 0 Å². The fourth-order valence-electron chi connectivity index (χ4n) is 1.17. The quantitative estimate of drug-likeness (QED) is 0.552. The molecule has 1 aliphatic heterocycles. The zero-order valence-electron chi connectivity index (χ0n) is 7.11. The van der Waals surface area contributed by atoms with Crippen LogP contribution in [0.5, 0.6) is 0 Å². The predicted molar refractivity (Wildman–Crippen MR) is 41.8 cm³/mol. The topological polar surface area (TPSA) is 35.2 Å². The third kappa shape index (κ3) is 1.18. The smallest absolute Gasteiger partial charge is 0.0652 e. The Morgan fingerprint density at radius 1 is 1.40 bits per heavy atom. The molecule has 0 bridgehead atoms. The van der Waals surface area contributed by atoms with Crippen LogP contribution in [0.25, 0.3) is 0 Å². The van der Waals surface area contributed by atoms with Crippen molar-refractivity contribution in [2.45, 2.75) is 32.7 Å². The van der Waals surface area contributed by atoms with Gasteiger partial charge in [-0.05, 0) is 11.8 Å². The van der Waals surface area contributed by atoms with E-state index in [2.05, 4.69) is 20.8 Å². The molecule has 1 fully saturated rings. The Labute approximate surface area is 62.7 Å². The van der Waals surface area contributed by atoms with Crippen molar-refractivity contribution in [2.75, 3.05) is 13.2 Å². The highest BCUT2D eigenvalue weighted by Gasteiger charge is 2.41. The Kier molecular flexibility index (Phi) is 1.77. The van der Waals surface area contributed by atoms with E-state index in [1.807, 2.05) is 0 Å². The average molecular weight is 143 g/mol. The first kappa shape index (κ1) is 8.02. The van der Waals surface area contributed by atoms with E-state index in [1.54, 1.807) is 0 Å². The lowest BCUT2D eigenvalue weighted by Crippen LogP contribution is -2.51. The molecule has 2 heteroatoms. The molecule has 1 atom stereocenters. The van der Waals surface area contributed by atoms with Crippen molar-refractivity contribution in [2.24, 2.45) is 11.1 Å². The van der Waals surface area contributed by atoms with E-state index in [-0.39, 0.29) is 11.0 Å². The highest BCUT2D eigenvalue weighted by molar-refractivity contribution is 4.97. The number of nitrogens with two attached hydrogens (primary N) is 1. The summed E-state index contributed by atoms with van der Waals surface area (Å²) < 4.78 is 5.26. The molecule has 0 saturated carbocycles. The van der Waals surface area contributed by atoms with Gasteiger partial charge in [-0.25, -0.2) is 0 Å². The van der Waals surface area contributed by atoms with Gasteiger partial charge in [-0.3, -0.25) is 0 Å². The molecule has 2 N–H and O–H groups in total. The van der Waals surface area contributed by atoms with E-state index in [4.69, 9.17) is 10.5 Å². The Morgan fingerprint density at radius 3 is 2.20 bits per heavy atom. The number of hydrogen-bond donors (Lipinski definition) is 1. The summed E-state index contributed by atoms with van der Waals surface area (Å²) in [5.74, 6) is 0. The first-order valence-electron chi connectivity index (χ1n) is 3.82. The minimum Gasteiger partial charge on any atom is -0.379 e. The van der Waals surface area contributed by atoms with Crippen LogP contribution >= 0.6 is 0 Å². The van der Waals surface area contributed by atoms with Crippen molar-refractivity contribution in [1.82, 2.24) is 0 Å². The molecule has 0 aromatic rings. The summed E-state index contributed by atoms with van der Waals surface area (Å²) in [7, 11) is 0. The van der Waals surface area contributed by atoms with Gasteiger partial charge in [-0.15, -0.1) is 0 Å². The minimum atomic E-state index is -0.0903. The second-order valence-electron chi connectivity index (χ2n) is 4.21. The summed E-state index contributed by atoms with van der Waals surface area (Å²) >= 11 is 0. The molecule has 1 aliphatic rings. The summed E-state index contributed by atoms with van der Waals surface area (Å²) in [6.07, 6.45) is 0.997. The van der Waals surface area contributed by atoms with Gasteiger partial charge in [-0.2, -0.15) is 0 Å². The lowest BCUT2D eigenvalue weighted by Gasteiger charge is -2.36. The molecule has 1 heterocycles. The zero-order chi connectivity index (χ0) is 7.83. The van der Waals surface area contributed by atoms with Crippen molar-refractivity contribution < 1.29 is 4.74 Å². The molecule has 1 saturated heterocycles. The summed E-state index contributed by atoms with van der Waals surface area (Å²) in [5.41, 5.74) is 6.19. The first-order chi connectivity index (χ1) is 4.46. The predicted octanol–water partition coefficient (Wildman–Crippen LogP) is 1.15. The van der Waals surface area contributed by atoms with Gasteiger partial charge in [0, 0.05) is 12.1 Å². The zero-order valence-corrected chi connectivity index (χ0v) is 7.11. The monoisotopic (exact) mass is 143 g/mol. The standard InChI is InChI=1S/C8H17NO/c1-7(2,3)8(9)4-5-10-6-8/h4-6,9H2,1-3H3/t8-/m1/s1. The molecule has 1 rings (SSSR count). The molecule has 2 nitrogen and oxygen atoms in total. The maximum Gasteiger partial charge on any atom is 0.0652 e. The Hall–Kier alpha value is -0.0800. The lowest BCUT2D eigenvalue weighted by atomic mass is 9.74. The van der Waals surface area contributed by atoms with Crippen molar-refractivity contribution in [3.8, 4) is 0 Å². The molecule has 10 heavy (non-hydrogen) atoms. The minimum absolute atomic E-state index is 0.0903. The van der Waals surface area contributed by atoms with E-state index >= 15 is 0 Å². The molecule has 0 spiro atoms. The highest BCUT2D eigenvalue weighted by atomic mass is 16.5. The second-order valence-corrected chi connectivity index (χ2v) is 4.21. The summed E-state index contributed by atoms with van der Waals surface area (Å²) in [5, 5.41) is 0. The molecule has 0 amide bonds. The number of hydrogen-bond acceptors (Lipinski definition) is 2. The highest BCUT2D eigenvalue weighted by Crippen LogP contribution is 2.34. The third-order valence-electron chi connectivity index (χ3n) is 2.55. The molecule has 0 unspecified atom stereocenters. The maximum atomic E-state index is 6.11. The van der Waals surface area contributed by atoms with Crippen LogP contribution in [-0.2, 0) is 4.74 Å². The molecule has 0 aromatic carbocycles. The van der Waals surface area contributed by atoms with Gasteiger partial charge in [0.15, 0.2) is 0 Å². The van der Waals surface area contributed by atoms with Gasteiger partial charge in [0.2, 0.25) is 0 Å². The van der Waals surface area contributed by atoms with Gasteiger partial charge in [0.1, 0.15) is 0 Å². The van der Waals surface area contributed by atoms with Crippen LogP contribution in [0, 0.1) is 5.41 Å². The second kappa shape index (κ2) is 2.21. The van der Waals surface area contributed by atoms with Crippen molar-refractivity contribution in [3.05, 3.63) is 0 Å². The van der Waals surface area contributed by atoms with Gasteiger partial charge in [-0.1, -0.05) is 20.8 Å². The maximum absolute atomic E-state index is 6.11.